The molecule has 19 heavy (non-hydrogen) atoms. The summed E-state index contributed by atoms with van der Waals surface area (Å²) >= 11 is 5.91. The van der Waals surface area contributed by atoms with E-state index >= 15 is 0 Å². The molecule has 5 nitrogen and oxygen atoms in total. The van der Waals surface area contributed by atoms with Crippen LogP contribution in [0.5, 0.6) is 5.88 Å². The van der Waals surface area contributed by atoms with Crippen LogP contribution in [0.2, 0.25) is 5.02 Å². The van der Waals surface area contributed by atoms with Crippen molar-refractivity contribution >= 4 is 28.8 Å². The summed E-state index contributed by atoms with van der Waals surface area (Å²) in [7, 11) is 0. The molecule has 0 radical (unpaired) electrons. The molecule has 7 heteroatoms. The lowest BCUT2D eigenvalue weighted by atomic mass is 10.3. The zero-order chi connectivity index (χ0) is 13.8. The Kier molecular flexibility index (Phi) is 4.01. The van der Waals surface area contributed by atoms with Gasteiger partial charge in [0.05, 0.1) is 17.3 Å². The highest BCUT2D eigenvalue weighted by Gasteiger charge is 2.10. The molecule has 0 amide bonds. The summed E-state index contributed by atoms with van der Waals surface area (Å²) in [6.07, 6.45) is 1.32. The number of nitrogens with zero attached hydrogens (tertiary/aromatic N) is 2. The lowest BCUT2D eigenvalue weighted by Gasteiger charge is -2.11. The number of nitrogens with one attached hydrogen (secondary N) is 1. The molecule has 0 atom stereocenters. The minimum absolute atomic E-state index is 0.232. The maximum Gasteiger partial charge on any atom is 0.242 e. The maximum absolute atomic E-state index is 12.9. The Labute approximate surface area is 114 Å². The van der Waals surface area contributed by atoms with Gasteiger partial charge >= 0.3 is 0 Å². The summed E-state index contributed by atoms with van der Waals surface area (Å²) in [6.45, 7) is 2.27. The smallest absolute Gasteiger partial charge is 0.242 e. The zero-order valence-electron chi connectivity index (χ0n) is 10.2. The largest absolute Gasteiger partial charge is 0.476 e. The number of benzene rings is 1. The van der Waals surface area contributed by atoms with Crippen LogP contribution < -0.4 is 15.8 Å². The van der Waals surface area contributed by atoms with Crippen LogP contribution in [0.15, 0.2) is 24.5 Å². The van der Waals surface area contributed by atoms with E-state index in [1.165, 1.54) is 24.5 Å². The zero-order valence-corrected chi connectivity index (χ0v) is 10.9. The fourth-order valence-electron chi connectivity index (χ4n) is 1.45. The molecule has 0 spiro atoms. The Morgan fingerprint density at radius 3 is 2.89 bits per heavy atom. The number of ether oxygens (including phenoxy) is 1. The highest BCUT2D eigenvalue weighted by molar-refractivity contribution is 6.33. The van der Waals surface area contributed by atoms with Crippen LogP contribution in [-0.2, 0) is 0 Å². The number of nitrogens with two attached hydrogens (primary N) is 1. The van der Waals surface area contributed by atoms with Crippen LogP contribution in [0.1, 0.15) is 6.92 Å². The first-order chi connectivity index (χ1) is 9.11. The number of nitrogen functional groups attached to an aromatic ring is 1. The van der Waals surface area contributed by atoms with Crippen LogP contribution in [0.4, 0.5) is 21.6 Å². The van der Waals surface area contributed by atoms with Crippen molar-refractivity contribution in [3.63, 3.8) is 0 Å². The van der Waals surface area contributed by atoms with Gasteiger partial charge in [-0.1, -0.05) is 11.6 Å². The Hall–Kier alpha value is -2.08. The Bertz CT molecular complexity index is 594. The molecule has 100 valence electrons. The van der Waals surface area contributed by atoms with E-state index in [9.17, 15) is 4.39 Å². The van der Waals surface area contributed by atoms with Crippen molar-refractivity contribution in [1.29, 1.82) is 0 Å². The van der Waals surface area contributed by atoms with Crippen molar-refractivity contribution in [2.45, 2.75) is 6.92 Å². The van der Waals surface area contributed by atoms with Crippen molar-refractivity contribution in [2.75, 3.05) is 17.7 Å². The molecule has 1 heterocycles. The van der Waals surface area contributed by atoms with Gasteiger partial charge in [-0.15, -0.1) is 0 Å². The molecule has 3 N–H and O–H groups in total. The fraction of sp³-hybridized carbons (Fsp3) is 0.167. The summed E-state index contributed by atoms with van der Waals surface area (Å²) < 4.78 is 18.2. The predicted molar refractivity (Wildman–Crippen MR) is 72.3 cm³/mol. The normalized spacial score (nSPS) is 10.3. The quantitative estimate of drug-likeness (QED) is 0.902. The van der Waals surface area contributed by atoms with Gasteiger partial charge in [-0.05, 0) is 25.1 Å². The summed E-state index contributed by atoms with van der Waals surface area (Å²) in [6, 6.07) is 3.99. The van der Waals surface area contributed by atoms with E-state index in [1.54, 1.807) is 0 Å². The van der Waals surface area contributed by atoms with Gasteiger partial charge < -0.3 is 15.8 Å². The van der Waals surface area contributed by atoms with Gasteiger partial charge in [-0.3, -0.25) is 0 Å². The summed E-state index contributed by atoms with van der Waals surface area (Å²) in [4.78, 5) is 7.92. The second kappa shape index (κ2) is 5.71. The third-order valence-electron chi connectivity index (χ3n) is 2.31. The first-order valence-electron chi connectivity index (χ1n) is 5.57. The minimum Gasteiger partial charge on any atom is -0.476 e. The average Bonchev–Trinajstić information content (AvgIpc) is 2.37. The lowest BCUT2D eigenvalue weighted by Crippen LogP contribution is -2.05. The molecular formula is C12H12ClFN4O. The number of rotatable bonds is 4. The lowest BCUT2D eigenvalue weighted by molar-refractivity contribution is 0.328. The third-order valence-corrected chi connectivity index (χ3v) is 2.63. The Morgan fingerprint density at radius 2 is 2.21 bits per heavy atom. The van der Waals surface area contributed by atoms with E-state index in [0.717, 1.165) is 0 Å². The second-order valence-electron chi connectivity index (χ2n) is 3.62. The molecule has 2 rings (SSSR count). The van der Waals surface area contributed by atoms with E-state index in [-0.39, 0.29) is 10.7 Å². The number of anilines is 3. The van der Waals surface area contributed by atoms with Gasteiger partial charge in [-0.25, -0.2) is 9.37 Å². The van der Waals surface area contributed by atoms with Crippen molar-refractivity contribution < 1.29 is 9.13 Å². The molecule has 0 saturated carbocycles. The molecule has 0 aliphatic heterocycles. The highest BCUT2D eigenvalue weighted by atomic mass is 35.5. The second-order valence-corrected chi connectivity index (χ2v) is 4.03. The number of aromatic nitrogens is 2. The van der Waals surface area contributed by atoms with Crippen molar-refractivity contribution in [3.05, 3.63) is 35.4 Å². The number of hydrogen-bond donors (Lipinski definition) is 2. The fourth-order valence-corrected chi connectivity index (χ4v) is 1.66. The molecule has 2 aromatic rings. The SMILES string of the molecule is CCOc1ncnc(Nc2ccc(F)cc2Cl)c1N. The van der Waals surface area contributed by atoms with Crippen molar-refractivity contribution in [3.8, 4) is 5.88 Å². The van der Waals surface area contributed by atoms with Gasteiger partial charge in [0.15, 0.2) is 5.82 Å². The van der Waals surface area contributed by atoms with Crippen LogP contribution in [-0.4, -0.2) is 16.6 Å². The van der Waals surface area contributed by atoms with Gasteiger partial charge in [0.2, 0.25) is 5.88 Å². The van der Waals surface area contributed by atoms with E-state index in [4.69, 9.17) is 22.1 Å². The summed E-state index contributed by atoms with van der Waals surface area (Å²) in [5.74, 6) is 0.228. The van der Waals surface area contributed by atoms with Gasteiger partial charge in [0.1, 0.15) is 17.8 Å². The molecule has 0 saturated heterocycles. The van der Waals surface area contributed by atoms with Gasteiger partial charge in [0, 0.05) is 0 Å². The first-order valence-corrected chi connectivity index (χ1v) is 5.95. The first kappa shape index (κ1) is 13.4. The minimum atomic E-state index is -0.416. The predicted octanol–water partition coefficient (Wildman–Crippen LogP) is 2.99. The number of halogens is 2. The highest BCUT2D eigenvalue weighted by Crippen LogP contribution is 2.30. The molecule has 0 unspecified atom stereocenters. The van der Waals surface area contributed by atoms with Crippen LogP contribution in [0.25, 0.3) is 0 Å². The van der Waals surface area contributed by atoms with E-state index in [0.29, 0.717) is 24.0 Å². The van der Waals surface area contributed by atoms with Crippen molar-refractivity contribution in [2.24, 2.45) is 0 Å². The van der Waals surface area contributed by atoms with E-state index in [2.05, 4.69) is 15.3 Å². The topological polar surface area (TPSA) is 73.1 Å². The van der Waals surface area contributed by atoms with E-state index in [1.807, 2.05) is 6.92 Å². The number of hydrogen-bond acceptors (Lipinski definition) is 5. The molecule has 0 aliphatic rings. The molecule has 0 aliphatic carbocycles. The van der Waals surface area contributed by atoms with Gasteiger partial charge in [0.25, 0.3) is 0 Å². The summed E-state index contributed by atoms with van der Waals surface area (Å²) in [5.41, 5.74) is 6.63. The van der Waals surface area contributed by atoms with Crippen LogP contribution in [0, 0.1) is 5.82 Å². The standard InChI is InChI=1S/C12H12ClFN4O/c1-2-19-12-10(15)11(16-6-17-12)18-9-4-3-7(14)5-8(9)13/h3-6H,2,15H2,1H3,(H,16,17,18). The summed E-state index contributed by atoms with van der Waals surface area (Å²) in [5, 5.41) is 3.14. The Balaban J connectivity index is 2.30. The molecular weight excluding hydrogens is 271 g/mol. The van der Waals surface area contributed by atoms with Crippen molar-refractivity contribution in [1.82, 2.24) is 9.97 Å². The van der Waals surface area contributed by atoms with Crippen LogP contribution in [0.3, 0.4) is 0 Å². The Morgan fingerprint density at radius 1 is 1.42 bits per heavy atom. The van der Waals surface area contributed by atoms with E-state index < -0.39 is 5.82 Å². The average molecular weight is 283 g/mol. The third kappa shape index (κ3) is 3.03. The molecule has 1 aromatic carbocycles. The maximum atomic E-state index is 12.9. The molecule has 1 aromatic heterocycles. The molecule has 0 bridgehead atoms. The van der Waals surface area contributed by atoms with Gasteiger partial charge in [-0.2, -0.15) is 4.98 Å². The van der Waals surface area contributed by atoms with Crippen LogP contribution >= 0.6 is 11.6 Å². The molecule has 0 fully saturated rings. The monoisotopic (exact) mass is 282 g/mol.